The Morgan fingerprint density at radius 3 is 2.71 bits per heavy atom. The van der Waals surface area contributed by atoms with E-state index in [9.17, 15) is 0 Å². The first-order valence-corrected chi connectivity index (χ1v) is 1.64. The average molecular weight is 87.1 g/mol. The minimum atomic E-state index is 2.11. The van der Waals surface area contributed by atoms with Gasteiger partial charge in [0.1, 0.15) is 0 Å². The number of rotatable bonds is 0. The van der Waals surface area contributed by atoms with Gasteiger partial charge in [0.25, 0.3) is 0 Å². The molecule has 7 heavy (non-hydrogen) atoms. The Hall–Kier alpha value is -1.45. The fourth-order valence-corrected chi connectivity index (χ4v) is 0.112. The Morgan fingerprint density at radius 2 is 2.29 bits per heavy atom. The maximum atomic E-state index is 4.76. The molecular formula is C7H3+. The van der Waals surface area contributed by atoms with Crippen LogP contribution in [-0.2, 0) is 0 Å². The van der Waals surface area contributed by atoms with E-state index in [1.165, 1.54) is 0 Å². The SMILES string of the molecule is C#CC#C[C+]=C=C. The Morgan fingerprint density at radius 1 is 1.57 bits per heavy atom. The van der Waals surface area contributed by atoms with Crippen LogP contribution in [0.15, 0.2) is 12.3 Å². The van der Waals surface area contributed by atoms with Gasteiger partial charge >= 0.3 is 0 Å². The van der Waals surface area contributed by atoms with Gasteiger partial charge in [-0.2, -0.15) is 0 Å². The van der Waals surface area contributed by atoms with Crippen molar-refractivity contribution >= 4 is 0 Å². The van der Waals surface area contributed by atoms with Gasteiger partial charge in [0, 0.05) is 6.58 Å². The lowest BCUT2D eigenvalue weighted by molar-refractivity contribution is 2.10. The molecule has 0 aromatic heterocycles. The van der Waals surface area contributed by atoms with Crippen LogP contribution in [0.5, 0.6) is 0 Å². The molecule has 0 fully saturated rings. The topological polar surface area (TPSA) is 0 Å². The molecule has 0 saturated carbocycles. The van der Waals surface area contributed by atoms with E-state index in [1.807, 2.05) is 0 Å². The van der Waals surface area contributed by atoms with Gasteiger partial charge in [-0.3, -0.25) is 0 Å². The molecular weight excluding hydrogens is 84.1 g/mol. The normalized spacial score (nSPS) is 3.29. The molecule has 0 radical (unpaired) electrons. The lowest BCUT2D eigenvalue weighted by Crippen LogP contribution is -1.43. The number of hydrogen-bond acceptors (Lipinski definition) is 0. The third-order valence-electron chi connectivity index (χ3n) is 0.286. The van der Waals surface area contributed by atoms with E-state index >= 15 is 0 Å². The summed E-state index contributed by atoms with van der Waals surface area (Å²) in [5.74, 6) is 6.80. The Kier molecular flexibility index (Phi) is 3.61. The lowest BCUT2D eigenvalue weighted by Gasteiger charge is -1.34. The molecule has 0 spiro atoms. The molecule has 0 aromatic carbocycles. The van der Waals surface area contributed by atoms with E-state index in [2.05, 4.69) is 36.1 Å². The van der Waals surface area contributed by atoms with E-state index in [0.717, 1.165) is 0 Å². The second kappa shape index (κ2) is 4.55. The van der Waals surface area contributed by atoms with Crippen LogP contribution in [0.3, 0.4) is 0 Å². The van der Waals surface area contributed by atoms with E-state index in [4.69, 9.17) is 6.42 Å². The van der Waals surface area contributed by atoms with Gasteiger partial charge in [0.15, 0.2) is 17.9 Å². The predicted molar refractivity (Wildman–Crippen MR) is 29.0 cm³/mol. The Bertz CT molecular complexity index is 174. The number of allylic oxidation sites excluding steroid dienone is 1. The van der Waals surface area contributed by atoms with Gasteiger partial charge in [-0.05, 0) is 0 Å². The summed E-state index contributed by atoms with van der Waals surface area (Å²) in [4.78, 5) is 0. The predicted octanol–water partition coefficient (Wildman–Crippen LogP) is 0.767. The van der Waals surface area contributed by atoms with Gasteiger partial charge in [0.05, 0.1) is 11.7 Å². The molecule has 0 nitrogen and oxygen atoms in total. The summed E-state index contributed by atoms with van der Waals surface area (Å²) in [6.45, 7) is 3.23. The van der Waals surface area contributed by atoms with Gasteiger partial charge < -0.3 is 0 Å². The standard InChI is InChI=1S/C7H3/c1-3-5-7-6-4-2/h1H,2H2/q+1. The zero-order valence-corrected chi connectivity index (χ0v) is 3.78. The van der Waals surface area contributed by atoms with Crippen LogP contribution in [0.1, 0.15) is 0 Å². The molecule has 0 aliphatic rings. The summed E-state index contributed by atoms with van der Waals surface area (Å²) >= 11 is 0. The summed E-state index contributed by atoms with van der Waals surface area (Å²) in [6.07, 6.45) is 7.14. The van der Waals surface area contributed by atoms with Crippen molar-refractivity contribution < 1.29 is 0 Å². The Labute approximate surface area is 43.5 Å². The summed E-state index contributed by atoms with van der Waals surface area (Å²) < 4.78 is 0. The van der Waals surface area contributed by atoms with Crippen molar-refractivity contribution in [2.24, 2.45) is 0 Å². The van der Waals surface area contributed by atoms with Crippen molar-refractivity contribution in [3.63, 3.8) is 0 Å². The molecule has 0 unspecified atom stereocenters. The summed E-state index contributed by atoms with van der Waals surface area (Å²) in [6, 6.07) is 0. The van der Waals surface area contributed by atoms with Gasteiger partial charge in [-0.1, -0.05) is 6.42 Å². The van der Waals surface area contributed by atoms with Crippen LogP contribution in [0.4, 0.5) is 0 Å². The highest BCUT2D eigenvalue weighted by Gasteiger charge is 1.61. The van der Waals surface area contributed by atoms with Crippen LogP contribution >= 0.6 is 0 Å². The summed E-state index contributed by atoms with van der Waals surface area (Å²) in [5.41, 5.74) is 2.33. The Balaban J connectivity index is 3.75. The largest absolute Gasteiger partial charge is 0.162 e. The molecule has 0 bridgehead atoms. The van der Waals surface area contributed by atoms with Gasteiger partial charge in [0.2, 0.25) is 0 Å². The molecule has 0 aliphatic carbocycles. The van der Waals surface area contributed by atoms with Crippen LogP contribution in [0.25, 0.3) is 0 Å². The van der Waals surface area contributed by atoms with Crippen molar-refractivity contribution in [3.05, 3.63) is 18.4 Å². The third kappa shape index (κ3) is 4.55. The maximum absolute atomic E-state index is 4.76. The fourth-order valence-electron chi connectivity index (χ4n) is 0.112. The molecule has 30 valence electrons. The van der Waals surface area contributed by atoms with Gasteiger partial charge in [-0.25, -0.2) is 0 Å². The highest BCUT2D eigenvalue weighted by atomic mass is 13.5. The molecule has 0 aromatic rings. The molecule has 0 heteroatoms. The van der Waals surface area contributed by atoms with E-state index in [1.54, 1.807) is 0 Å². The fraction of sp³-hybridized carbons (Fsp3) is 0. The first-order chi connectivity index (χ1) is 3.41. The van der Waals surface area contributed by atoms with Crippen molar-refractivity contribution in [2.45, 2.75) is 0 Å². The smallest absolute Gasteiger partial charge is 0.0900 e. The average Bonchev–Trinajstić information content (AvgIpc) is 1.69. The van der Waals surface area contributed by atoms with Crippen LogP contribution in [0, 0.1) is 30.3 Å². The van der Waals surface area contributed by atoms with Crippen LogP contribution in [-0.4, -0.2) is 0 Å². The highest BCUT2D eigenvalue weighted by Crippen LogP contribution is 1.52. The zero-order valence-electron chi connectivity index (χ0n) is 3.78. The molecule has 0 atom stereocenters. The van der Waals surface area contributed by atoms with Crippen LogP contribution < -0.4 is 0 Å². The first kappa shape index (κ1) is 5.55. The summed E-state index contributed by atoms with van der Waals surface area (Å²) in [7, 11) is 0. The molecule has 0 aliphatic heterocycles. The minimum absolute atomic E-state index is 2.11. The van der Waals surface area contributed by atoms with Crippen LogP contribution in [0.2, 0.25) is 0 Å². The molecule has 0 N–H and O–H groups in total. The zero-order chi connectivity index (χ0) is 5.54. The quantitative estimate of drug-likeness (QED) is 0.232. The number of terminal acetylenes is 1. The molecule has 0 heterocycles. The van der Waals surface area contributed by atoms with Crippen molar-refractivity contribution in [1.29, 1.82) is 0 Å². The maximum Gasteiger partial charge on any atom is 0.162 e. The van der Waals surface area contributed by atoms with E-state index < -0.39 is 0 Å². The van der Waals surface area contributed by atoms with Crippen molar-refractivity contribution in [1.82, 2.24) is 0 Å². The van der Waals surface area contributed by atoms with E-state index in [-0.39, 0.29) is 0 Å². The van der Waals surface area contributed by atoms with Crippen molar-refractivity contribution in [3.8, 4) is 24.2 Å². The third-order valence-corrected chi connectivity index (χ3v) is 0.286. The van der Waals surface area contributed by atoms with E-state index in [0.29, 0.717) is 0 Å². The molecule has 0 saturated heterocycles. The monoisotopic (exact) mass is 87.0 g/mol. The highest BCUT2D eigenvalue weighted by molar-refractivity contribution is 5.24. The molecule has 0 amide bonds. The first-order valence-electron chi connectivity index (χ1n) is 1.64. The minimum Gasteiger partial charge on any atom is -0.0900 e. The second-order valence-corrected chi connectivity index (χ2v) is 0.696. The second-order valence-electron chi connectivity index (χ2n) is 0.696. The van der Waals surface area contributed by atoms with Gasteiger partial charge in [-0.15, -0.1) is 0 Å². The lowest BCUT2D eigenvalue weighted by atomic mass is 10.5. The summed E-state index contributed by atoms with van der Waals surface area (Å²) in [5, 5.41) is 0. The molecule has 0 rings (SSSR count). The number of hydrogen-bond donors (Lipinski definition) is 0. The van der Waals surface area contributed by atoms with Crippen molar-refractivity contribution in [2.75, 3.05) is 0 Å².